The molecule has 0 radical (unpaired) electrons. The van der Waals surface area contributed by atoms with Crippen LogP contribution in [0, 0.1) is 18.6 Å². The minimum absolute atomic E-state index is 0.325. The number of rotatable bonds is 5. The number of ether oxygens (including phenoxy) is 2. The van der Waals surface area contributed by atoms with Crippen LogP contribution in [0.5, 0.6) is 11.5 Å². The first-order chi connectivity index (χ1) is 15.4. The number of carbonyl (C=O) groups excluding carboxylic acids is 1. The molecule has 0 aliphatic carbocycles. The third-order valence-electron chi connectivity index (χ3n) is 4.98. The molecule has 8 heteroatoms. The van der Waals surface area contributed by atoms with Gasteiger partial charge in [-0.2, -0.15) is 5.10 Å². The van der Waals surface area contributed by atoms with Gasteiger partial charge in [0, 0.05) is 16.7 Å². The number of hydrogen-bond acceptors (Lipinski definition) is 5. The van der Waals surface area contributed by atoms with Crippen molar-refractivity contribution in [3.8, 4) is 11.5 Å². The fourth-order valence-corrected chi connectivity index (χ4v) is 4.61. The highest BCUT2D eigenvalue weighted by molar-refractivity contribution is 8.14. The number of aryl methyl sites for hydroxylation is 1. The second-order valence-corrected chi connectivity index (χ2v) is 8.18. The van der Waals surface area contributed by atoms with Gasteiger partial charge in [0.05, 0.1) is 14.2 Å². The molecule has 1 amide bonds. The molecule has 1 heterocycles. The molecule has 5 nitrogen and oxygen atoms in total. The van der Waals surface area contributed by atoms with Gasteiger partial charge < -0.3 is 9.47 Å². The zero-order valence-electron chi connectivity index (χ0n) is 17.6. The number of thioether (sulfide) groups is 1. The van der Waals surface area contributed by atoms with Gasteiger partial charge in [0.2, 0.25) is 0 Å². The van der Waals surface area contributed by atoms with Gasteiger partial charge in [-0.15, -0.1) is 0 Å². The summed E-state index contributed by atoms with van der Waals surface area (Å²) in [5.41, 5.74) is 2.44. The van der Waals surface area contributed by atoms with Crippen molar-refractivity contribution in [2.45, 2.75) is 12.3 Å². The van der Waals surface area contributed by atoms with E-state index in [0.29, 0.717) is 33.2 Å². The van der Waals surface area contributed by atoms with E-state index in [1.54, 1.807) is 30.3 Å². The Labute approximate surface area is 188 Å². The molecule has 1 aliphatic heterocycles. The van der Waals surface area contributed by atoms with Crippen molar-refractivity contribution < 1.29 is 23.0 Å². The standard InChI is InChI=1S/C24H20F2N2O3S/c1-14-6-4-7-16(12-14)23(29)28-24(17-8-5-9-20(30-2)21(17)31-3)32-22(27-28)15-10-11-18(25)19(26)13-15/h4-13,24H,1-3H3. The lowest BCUT2D eigenvalue weighted by atomic mass is 10.1. The highest BCUT2D eigenvalue weighted by Gasteiger charge is 2.37. The Kier molecular flexibility index (Phi) is 6.14. The normalized spacial score (nSPS) is 15.5. The first-order valence-corrected chi connectivity index (χ1v) is 10.6. The van der Waals surface area contributed by atoms with Crippen LogP contribution in [-0.2, 0) is 0 Å². The van der Waals surface area contributed by atoms with Gasteiger partial charge in [0.25, 0.3) is 5.91 Å². The summed E-state index contributed by atoms with van der Waals surface area (Å²) in [4.78, 5) is 13.4. The van der Waals surface area contributed by atoms with Crippen LogP contribution in [0.3, 0.4) is 0 Å². The maximum atomic E-state index is 13.9. The molecule has 164 valence electrons. The summed E-state index contributed by atoms with van der Waals surface area (Å²) in [7, 11) is 3.05. The molecule has 0 N–H and O–H groups in total. The van der Waals surface area contributed by atoms with Crippen LogP contribution >= 0.6 is 11.8 Å². The lowest BCUT2D eigenvalue weighted by molar-refractivity contribution is 0.0747. The van der Waals surface area contributed by atoms with Crippen molar-refractivity contribution in [2.24, 2.45) is 5.10 Å². The summed E-state index contributed by atoms with van der Waals surface area (Å²) in [6, 6.07) is 16.1. The number of halogens is 2. The van der Waals surface area contributed by atoms with E-state index in [2.05, 4.69) is 5.10 Å². The number of nitrogens with zero attached hydrogens (tertiary/aromatic N) is 2. The van der Waals surface area contributed by atoms with Gasteiger partial charge in [0.15, 0.2) is 23.1 Å². The van der Waals surface area contributed by atoms with E-state index in [-0.39, 0.29) is 5.91 Å². The Hall–Kier alpha value is -3.39. The van der Waals surface area contributed by atoms with E-state index in [9.17, 15) is 13.6 Å². The summed E-state index contributed by atoms with van der Waals surface area (Å²) >= 11 is 1.25. The molecule has 1 atom stereocenters. The molecule has 0 aromatic heterocycles. The number of methoxy groups -OCH3 is 2. The molecule has 0 spiro atoms. The molecular weight excluding hydrogens is 434 g/mol. The number of hydrazone groups is 1. The lowest BCUT2D eigenvalue weighted by Crippen LogP contribution is -2.26. The molecule has 32 heavy (non-hydrogen) atoms. The summed E-state index contributed by atoms with van der Waals surface area (Å²) < 4.78 is 38.3. The molecule has 0 fully saturated rings. The molecule has 3 aromatic carbocycles. The summed E-state index contributed by atoms with van der Waals surface area (Å²) in [5.74, 6) is -1.28. The third-order valence-corrected chi connectivity index (χ3v) is 6.20. The molecule has 0 saturated carbocycles. The van der Waals surface area contributed by atoms with E-state index in [4.69, 9.17) is 9.47 Å². The van der Waals surface area contributed by atoms with Crippen molar-refractivity contribution >= 4 is 22.7 Å². The van der Waals surface area contributed by atoms with Gasteiger partial charge in [-0.05, 0) is 43.3 Å². The summed E-state index contributed by atoms with van der Waals surface area (Å²) in [6.45, 7) is 1.90. The maximum absolute atomic E-state index is 13.9. The van der Waals surface area contributed by atoms with E-state index in [1.165, 1.54) is 37.1 Å². The minimum Gasteiger partial charge on any atom is -0.493 e. The third kappa shape index (κ3) is 4.05. The van der Waals surface area contributed by atoms with Crippen LogP contribution in [0.25, 0.3) is 0 Å². The van der Waals surface area contributed by atoms with Crippen molar-refractivity contribution in [1.82, 2.24) is 5.01 Å². The Morgan fingerprint density at radius 3 is 2.47 bits per heavy atom. The number of amides is 1. The first-order valence-electron chi connectivity index (χ1n) is 9.74. The predicted molar refractivity (Wildman–Crippen MR) is 120 cm³/mol. The molecule has 1 aliphatic rings. The van der Waals surface area contributed by atoms with Crippen LogP contribution in [0.4, 0.5) is 8.78 Å². The van der Waals surface area contributed by atoms with Gasteiger partial charge >= 0.3 is 0 Å². The van der Waals surface area contributed by atoms with Gasteiger partial charge in [-0.25, -0.2) is 13.8 Å². The van der Waals surface area contributed by atoms with Crippen LogP contribution in [-0.4, -0.2) is 30.2 Å². The zero-order chi connectivity index (χ0) is 22.8. The Bertz CT molecular complexity index is 1220. The van der Waals surface area contributed by atoms with Gasteiger partial charge in [-0.1, -0.05) is 41.6 Å². The second kappa shape index (κ2) is 9.00. The quantitative estimate of drug-likeness (QED) is 0.508. The smallest absolute Gasteiger partial charge is 0.275 e. The number of hydrogen-bond donors (Lipinski definition) is 0. The Morgan fingerprint density at radius 2 is 1.78 bits per heavy atom. The van der Waals surface area contributed by atoms with Crippen LogP contribution in [0.15, 0.2) is 65.8 Å². The number of para-hydroxylation sites is 1. The average Bonchev–Trinajstić information content (AvgIpc) is 3.25. The van der Waals surface area contributed by atoms with E-state index in [0.717, 1.165) is 17.7 Å². The molecule has 4 rings (SSSR count). The van der Waals surface area contributed by atoms with Crippen molar-refractivity contribution in [2.75, 3.05) is 14.2 Å². The first kappa shape index (κ1) is 21.8. The molecule has 0 saturated heterocycles. The molecule has 3 aromatic rings. The number of carbonyl (C=O) groups is 1. The summed E-state index contributed by atoms with van der Waals surface area (Å²) in [5, 5.41) is 5.63. The van der Waals surface area contributed by atoms with Crippen LogP contribution in [0.2, 0.25) is 0 Å². The monoisotopic (exact) mass is 454 g/mol. The van der Waals surface area contributed by atoms with Crippen molar-refractivity contribution in [3.63, 3.8) is 0 Å². The van der Waals surface area contributed by atoms with E-state index < -0.39 is 17.0 Å². The van der Waals surface area contributed by atoms with E-state index >= 15 is 0 Å². The molecule has 1 unspecified atom stereocenters. The van der Waals surface area contributed by atoms with Crippen molar-refractivity contribution in [3.05, 3.63) is 94.6 Å². The van der Waals surface area contributed by atoms with Crippen LogP contribution in [0.1, 0.15) is 32.4 Å². The summed E-state index contributed by atoms with van der Waals surface area (Å²) in [6.07, 6.45) is 0. The fraction of sp³-hybridized carbons (Fsp3) is 0.167. The van der Waals surface area contributed by atoms with Crippen molar-refractivity contribution in [1.29, 1.82) is 0 Å². The minimum atomic E-state index is -0.982. The average molecular weight is 454 g/mol. The number of benzene rings is 3. The maximum Gasteiger partial charge on any atom is 0.275 e. The molecule has 0 bridgehead atoms. The SMILES string of the molecule is COc1cccc(C2SC(c3ccc(F)c(F)c3)=NN2C(=O)c2cccc(C)c2)c1OC. The Balaban J connectivity index is 1.81. The molecular formula is C24H20F2N2O3S. The van der Waals surface area contributed by atoms with Gasteiger partial charge in [-0.3, -0.25) is 4.79 Å². The lowest BCUT2D eigenvalue weighted by Gasteiger charge is -2.23. The highest BCUT2D eigenvalue weighted by atomic mass is 32.2. The second-order valence-electron chi connectivity index (χ2n) is 7.11. The predicted octanol–water partition coefficient (Wildman–Crippen LogP) is 5.54. The Morgan fingerprint density at radius 1 is 1.00 bits per heavy atom. The largest absolute Gasteiger partial charge is 0.493 e. The fourth-order valence-electron chi connectivity index (χ4n) is 3.45. The topological polar surface area (TPSA) is 51.1 Å². The highest BCUT2D eigenvalue weighted by Crippen LogP contribution is 2.47. The van der Waals surface area contributed by atoms with Crippen LogP contribution < -0.4 is 9.47 Å². The van der Waals surface area contributed by atoms with E-state index in [1.807, 2.05) is 19.1 Å². The van der Waals surface area contributed by atoms with Gasteiger partial charge in [0.1, 0.15) is 10.4 Å². The zero-order valence-corrected chi connectivity index (χ0v) is 18.5.